The molecule has 0 unspecified atom stereocenters. The van der Waals surface area contributed by atoms with E-state index in [0.29, 0.717) is 23.3 Å². The highest BCUT2D eigenvalue weighted by molar-refractivity contribution is 7.93. The van der Waals surface area contributed by atoms with Gasteiger partial charge in [0, 0.05) is 66.2 Å². The number of sulfonamides is 1. The zero-order valence-corrected chi connectivity index (χ0v) is 25.5. The zero-order chi connectivity index (χ0) is 29.6. The van der Waals surface area contributed by atoms with Crippen molar-refractivity contribution in [3.05, 3.63) is 66.5 Å². The lowest BCUT2D eigenvalue weighted by Crippen LogP contribution is -2.42. The average molecular weight is 588 g/mol. The molecule has 0 spiro atoms. The van der Waals surface area contributed by atoms with Gasteiger partial charge in [-0.3, -0.25) is 4.98 Å². The predicted octanol–water partition coefficient (Wildman–Crippen LogP) is 4.79. The Hall–Kier alpha value is -3.96. The normalized spacial score (nSPS) is 17.1. The number of benzene rings is 2. The van der Waals surface area contributed by atoms with Crippen molar-refractivity contribution in [3.63, 3.8) is 0 Å². The molecule has 4 aromatic rings. The number of methoxy groups -OCH3 is 1. The first-order valence-corrected chi connectivity index (χ1v) is 15.6. The third-order valence-corrected chi connectivity index (χ3v) is 10.2. The third-order valence-electron chi connectivity index (χ3n) is 8.41. The predicted molar refractivity (Wildman–Crippen MR) is 167 cm³/mol. The van der Waals surface area contributed by atoms with Gasteiger partial charge in [0.15, 0.2) is 5.82 Å². The molecule has 4 heterocycles. The minimum absolute atomic E-state index is 0.160. The summed E-state index contributed by atoms with van der Waals surface area (Å²) in [5.41, 5.74) is 2.56. The van der Waals surface area contributed by atoms with Crippen molar-refractivity contribution in [2.45, 2.75) is 43.0 Å². The SMILES string of the molecule is COc1cc(Nc2ncc3c(n2)N(S(=O)(=O)c2cccc4cccnc24)CC3(C)C)ccc1N1CCC(N(C)C)CC1. The van der Waals surface area contributed by atoms with E-state index in [-0.39, 0.29) is 11.4 Å². The lowest BCUT2D eigenvalue weighted by Gasteiger charge is -2.37. The summed E-state index contributed by atoms with van der Waals surface area (Å²) in [6.45, 7) is 6.19. The first-order valence-electron chi connectivity index (χ1n) is 14.2. The van der Waals surface area contributed by atoms with Crippen LogP contribution >= 0.6 is 0 Å². The number of anilines is 4. The van der Waals surface area contributed by atoms with E-state index in [9.17, 15) is 8.42 Å². The van der Waals surface area contributed by atoms with Crippen molar-refractivity contribution in [1.29, 1.82) is 0 Å². The first-order chi connectivity index (χ1) is 20.1. The minimum Gasteiger partial charge on any atom is -0.495 e. The van der Waals surface area contributed by atoms with Crippen molar-refractivity contribution < 1.29 is 13.2 Å². The van der Waals surface area contributed by atoms with Crippen LogP contribution in [0.15, 0.2) is 65.8 Å². The van der Waals surface area contributed by atoms with Crippen LogP contribution in [0.3, 0.4) is 0 Å². The summed E-state index contributed by atoms with van der Waals surface area (Å²) in [4.78, 5) is 18.5. The maximum Gasteiger partial charge on any atom is 0.267 e. The highest BCUT2D eigenvalue weighted by atomic mass is 32.2. The number of para-hydroxylation sites is 1. The molecule has 220 valence electrons. The zero-order valence-electron chi connectivity index (χ0n) is 24.7. The summed E-state index contributed by atoms with van der Waals surface area (Å²) in [7, 11) is 2.00. The molecule has 10 nitrogen and oxygen atoms in total. The van der Waals surface area contributed by atoms with Gasteiger partial charge < -0.3 is 19.9 Å². The largest absolute Gasteiger partial charge is 0.495 e. The van der Waals surface area contributed by atoms with Crippen LogP contribution in [0.25, 0.3) is 10.9 Å². The molecule has 42 heavy (non-hydrogen) atoms. The van der Waals surface area contributed by atoms with Gasteiger partial charge in [0.05, 0.1) is 18.3 Å². The fourth-order valence-electron chi connectivity index (χ4n) is 5.99. The molecule has 1 fully saturated rings. The van der Waals surface area contributed by atoms with Crippen LogP contribution in [0, 0.1) is 0 Å². The second-order valence-electron chi connectivity index (χ2n) is 11.9. The van der Waals surface area contributed by atoms with Gasteiger partial charge in [-0.1, -0.05) is 32.0 Å². The molecule has 2 aromatic heterocycles. The van der Waals surface area contributed by atoms with Gasteiger partial charge in [-0.05, 0) is 51.2 Å². The fourth-order valence-corrected chi connectivity index (χ4v) is 7.75. The minimum atomic E-state index is -3.95. The van der Waals surface area contributed by atoms with Gasteiger partial charge in [0.25, 0.3) is 10.0 Å². The molecule has 2 aliphatic rings. The van der Waals surface area contributed by atoms with E-state index in [0.717, 1.165) is 54.0 Å². The second-order valence-corrected chi connectivity index (χ2v) is 13.7. The van der Waals surface area contributed by atoms with Crippen LogP contribution in [0.4, 0.5) is 23.1 Å². The number of piperidine rings is 1. The lowest BCUT2D eigenvalue weighted by atomic mass is 9.89. The van der Waals surface area contributed by atoms with Gasteiger partial charge in [0.2, 0.25) is 5.95 Å². The Balaban J connectivity index is 1.29. The molecular weight excluding hydrogens is 550 g/mol. The summed E-state index contributed by atoms with van der Waals surface area (Å²) in [5, 5.41) is 4.03. The molecule has 1 saturated heterocycles. The number of nitrogens with one attached hydrogen (secondary N) is 1. The number of fused-ring (bicyclic) bond motifs is 2. The summed E-state index contributed by atoms with van der Waals surface area (Å²) < 4.78 is 35.3. The van der Waals surface area contributed by atoms with Gasteiger partial charge in [0.1, 0.15) is 10.6 Å². The standard InChI is InChI=1S/C31H37N7O3S/c1-31(2)20-38(42(39,40)27-10-6-8-21-9-7-15-32-28(21)27)29-24(31)19-33-30(35-29)34-22-11-12-25(26(18-22)41-5)37-16-13-23(14-17-37)36(3)4/h6-12,15,18-19,23H,13-14,16-17,20H2,1-5H3,(H,33,34,35). The molecular formula is C31H37N7O3S. The molecule has 0 bridgehead atoms. The van der Waals surface area contributed by atoms with Crippen LogP contribution in [0.5, 0.6) is 5.75 Å². The Bertz CT molecular complexity index is 1730. The van der Waals surface area contributed by atoms with E-state index in [4.69, 9.17) is 9.72 Å². The Morgan fingerprint density at radius 3 is 2.55 bits per heavy atom. The van der Waals surface area contributed by atoms with E-state index in [1.54, 1.807) is 37.7 Å². The fraction of sp³-hybridized carbons (Fsp3) is 0.387. The molecule has 6 rings (SSSR count). The van der Waals surface area contributed by atoms with Gasteiger partial charge in [-0.15, -0.1) is 0 Å². The topological polar surface area (TPSA) is 104 Å². The summed E-state index contributed by atoms with van der Waals surface area (Å²) in [5.74, 6) is 1.44. The van der Waals surface area contributed by atoms with Crippen molar-refractivity contribution in [2.75, 3.05) is 55.4 Å². The van der Waals surface area contributed by atoms with Crippen molar-refractivity contribution >= 4 is 44.1 Å². The van der Waals surface area contributed by atoms with Crippen molar-refractivity contribution in [2.24, 2.45) is 0 Å². The smallest absolute Gasteiger partial charge is 0.267 e. The van der Waals surface area contributed by atoms with E-state index >= 15 is 0 Å². The molecule has 0 atom stereocenters. The van der Waals surface area contributed by atoms with Crippen molar-refractivity contribution in [1.82, 2.24) is 19.9 Å². The number of pyridine rings is 1. The van der Waals surface area contributed by atoms with E-state index in [1.807, 2.05) is 38.1 Å². The molecule has 0 aliphatic carbocycles. The molecule has 2 aliphatic heterocycles. The second kappa shape index (κ2) is 10.7. The Morgan fingerprint density at radius 1 is 1.05 bits per heavy atom. The third kappa shape index (κ3) is 5.00. The Morgan fingerprint density at radius 2 is 1.81 bits per heavy atom. The quantitative estimate of drug-likeness (QED) is 0.327. The summed E-state index contributed by atoms with van der Waals surface area (Å²) >= 11 is 0. The number of hydrogen-bond donors (Lipinski definition) is 1. The maximum absolute atomic E-state index is 14.1. The Kier molecular flexibility index (Phi) is 7.18. The maximum atomic E-state index is 14.1. The highest BCUT2D eigenvalue weighted by Crippen LogP contribution is 2.43. The van der Waals surface area contributed by atoms with Crippen LogP contribution in [0.1, 0.15) is 32.3 Å². The Labute approximate surface area is 247 Å². The van der Waals surface area contributed by atoms with Crippen LogP contribution in [0.2, 0.25) is 0 Å². The van der Waals surface area contributed by atoms with Crippen molar-refractivity contribution in [3.8, 4) is 5.75 Å². The van der Waals surface area contributed by atoms with Gasteiger partial charge >= 0.3 is 0 Å². The molecule has 1 N–H and O–H groups in total. The van der Waals surface area contributed by atoms with Crippen LogP contribution in [-0.2, 0) is 15.4 Å². The summed E-state index contributed by atoms with van der Waals surface area (Å²) in [6.07, 6.45) is 5.54. The molecule has 11 heteroatoms. The van der Waals surface area contributed by atoms with Gasteiger partial charge in [-0.2, -0.15) is 4.98 Å². The van der Waals surface area contributed by atoms with Crippen LogP contribution in [-0.4, -0.2) is 75.2 Å². The van der Waals surface area contributed by atoms with E-state index in [1.165, 1.54) is 4.31 Å². The first kappa shape index (κ1) is 28.2. The molecule has 0 amide bonds. The lowest BCUT2D eigenvalue weighted by molar-refractivity contribution is 0.249. The van der Waals surface area contributed by atoms with Crippen LogP contribution < -0.4 is 19.3 Å². The molecule has 0 saturated carbocycles. The monoisotopic (exact) mass is 587 g/mol. The average Bonchev–Trinajstić information content (AvgIpc) is 3.27. The van der Waals surface area contributed by atoms with Gasteiger partial charge in [-0.25, -0.2) is 17.7 Å². The molecule has 0 radical (unpaired) electrons. The van der Waals surface area contributed by atoms with E-state index < -0.39 is 15.4 Å². The van der Waals surface area contributed by atoms with E-state index in [2.05, 4.69) is 45.2 Å². The number of hydrogen-bond acceptors (Lipinski definition) is 9. The highest BCUT2D eigenvalue weighted by Gasteiger charge is 2.43. The summed E-state index contributed by atoms with van der Waals surface area (Å²) in [6, 6.07) is 15.4. The molecule has 2 aromatic carbocycles. The number of aromatic nitrogens is 3. The number of rotatable bonds is 7. The number of ether oxygens (including phenoxy) is 1. The number of nitrogens with zero attached hydrogens (tertiary/aromatic N) is 6.